The number of ether oxygens (including phenoxy) is 1. The van der Waals surface area contributed by atoms with E-state index in [1.165, 1.54) is 0 Å². The van der Waals surface area contributed by atoms with Gasteiger partial charge >= 0.3 is 0 Å². The van der Waals surface area contributed by atoms with Crippen LogP contribution in [0.3, 0.4) is 0 Å². The number of nitrogens with two attached hydrogens (primary N) is 1. The van der Waals surface area contributed by atoms with Crippen LogP contribution in [0, 0.1) is 5.41 Å². The number of rotatable bonds is 4. The van der Waals surface area contributed by atoms with Gasteiger partial charge in [0.05, 0.1) is 0 Å². The first kappa shape index (κ1) is 13.1. The molecule has 102 valence electrons. The number of amides is 1. The lowest BCUT2D eigenvalue weighted by Crippen LogP contribution is -2.54. The van der Waals surface area contributed by atoms with Crippen LogP contribution in [0.15, 0.2) is 5.16 Å². The van der Waals surface area contributed by atoms with Gasteiger partial charge in [-0.05, 0) is 32.6 Å². The summed E-state index contributed by atoms with van der Waals surface area (Å²) in [7, 11) is 0. The Morgan fingerprint density at radius 2 is 2.11 bits per heavy atom. The monoisotopic (exact) mass is 255 g/mol. The summed E-state index contributed by atoms with van der Waals surface area (Å²) in [5, 5.41) is 12.1. The molecule has 0 aromatic rings. The molecule has 0 unspecified atom stereocenters. The smallest absolute Gasteiger partial charge is 0.236 e. The molecular formula is C12H21N3O3. The first-order chi connectivity index (χ1) is 8.65. The van der Waals surface area contributed by atoms with E-state index in [2.05, 4.69) is 5.16 Å². The molecule has 2 rings (SSSR count). The molecule has 0 radical (unpaired) electrons. The maximum absolute atomic E-state index is 12.7. The molecule has 1 saturated heterocycles. The number of hydrogen-bond acceptors (Lipinski definition) is 4. The van der Waals surface area contributed by atoms with Gasteiger partial charge in [-0.15, -0.1) is 0 Å². The molecule has 6 nitrogen and oxygen atoms in total. The van der Waals surface area contributed by atoms with Crippen LogP contribution in [-0.4, -0.2) is 47.7 Å². The Labute approximate surface area is 107 Å². The van der Waals surface area contributed by atoms with Gasteiger partial charge in [-0.2, -0.15) is 0 Å². The number of hydrogen-bond donors (Lipinski definition) is 2. The summed E-state index contributed by atoms with van der Waals surface area (Å²) in [6.45, 7) is 3.59. The molecule has 2 fully saturated rings. The maximum Gasteiger partial charge on any atom is 0.236 e. The second-order valence-corrected chi connectivity index (χ2v) is 5.00. The number of amidine groups is 1. The Hall–Kier alpha value is -1.30. The Morgan fingerprint density at radius 3 is 2.56 bits per heavy atom. The highest BCUT2D eigenvalue weighted by molar-refractivity contribution is 6.07. The van der Waals surface area contributed by atoms with Gasteiger partial charge in [0.25, 0.3) is 0 Å². The van der Waals surface area contributed by atoms with Crippen molar-refractivity contribution in [3.63, 3.8) is 0 Å². The van der Waals surface area contributed by atoms with Gasteiger partial charge in [0.15, 0.2) is 5.84 Å². The van der Waals surface area contributed by atoms with Crippen LogP contribution >= 0.6 is 0 Å². The van der Waals surface area contributed by atoms with E-state index in [1.807, 2.05) is 11.8 Å². The molecule has 0 spiro atoms. The number of oxime groups is 1. The maximum atomic E-state index is 12.7. The van der Waals surface area contributed by atoms with Crippen LogP contribution in [-0.2, 0) is 9.53 Å². The Kier molecular flexibility index (Phi) is 3.75. The molecule has 1 aliphatic carbocycles. The summed E-state index contributed by atoms with van der Waals surface area (Å²) in [5.41, 5.74) is 4.92. The minimum Gasteiger partial charge on any atom is -0.409 e. The van der Waals surface area contributed by atoms with Crippen LogP contribution in [0.4, 0.5) is 0 Å². The summed E-state index contributed by atoms with van der Waals surface area (Å²) >= 11 is 0. The average Bonchev–Trinajstić information content (AvgIpc) is 3.24. The third-order valence-corrected chi connectivity index (χ3v) is 3.94. The first-order valence-corrected chi connectivity index (χ1v) is 6.52. The fraction of sp³-hybridized carbons (Fsp3) is 0.833. The highest BCUT2D eigenvalue weighted by Gasteiger charge is 2.48. The molecule has 1 amide bonds. The standard InChI is InChI=1S/C12H21N3O3/c1-2-15(9-3-4-9)11(16)12(10(13)14-17)5-7-18-8-6-12/h9,17H,2-8H2,1H3,(H2,13,14). The van der Waals surface area contributed by atoms with Crippen molar-refractivity contribution in [1.29, 1.82) is 0 Å². The zero-order chi connectivity index (χ0) is 13.2. The first-order valence-electron chi connectivity index (χ1n) is 6.52. The number of carbonyl (C=O) groups is 1. The molecule has 0 atom stereocenters. The van der Waals surface area contributed by atoms with Crippen molar-refractivity contribution in [3.05, 3.63) is 0 Å². The van der Waals surface area contributed by atoms with Gasteiger partial charge in [-0.1, -0.05) is 5.16 Å². The predicted octanol–water partition coefficient (Wildman–Crippen LogP) is 0.540. The zero-order valence-electron chi connectivity index (χ0n) is 10.8. The molecule has 1 heterocycles. The Bertz CT molecular complexity index is 346. The van der Waals surface area contributed by atoms with E-state index in [0.29, 0.717) is 38.6 Å². The fourth-order valence-electron chi connectivity index (χ4n) is 2.62. The molecule has 0 bridgehead atoms. The quantitative estimate of drug-likeness (QED) is 0.332. The van der Waals surface area contributed by atoms with Crippen molar-refractivity contribution in [1.82, 2.24) is 4.90 Å². The molecule has 0 aromatic heterocycles. The van der Waals surface area contributed by atoms with E-state index in [9.17, 15) is 4.79 Å². The van der Waals surface area contributed by atoms with E-state index >= 15 is 0 Å². The molecule has 3 N–H and O–H groups in total. The third kappa shape index (κ3) is 2.16. The molecule has 6 heteroatoms. The summed E-state index contributed by atoms with van der Waals surface area (Å²) in [6, 6.07) is 0.341. The van der Waals surface area contributed by atoms with E-state index in [-0.39, 0.29) is 11.7 Å². The van der Waals surface area contributed by atoms with Crippen LogP contribution in [0.5, 0.6) is 0 Å². The minimum absolute atomic E-state index is 0.00824. The molecule has 18 heavy (non-hydrogen) atoms. The summed E-state index contributed by atoms with van der Waals surface area (Å²) in [5.74, 6) is 0.0148. The highest BCUT2D eigenvalue weighted by Crippen LogP contribution is 2.37. The van der Waals surface area contributed by atoms with Gasteiger partial charge in [0.2, 0.25) is 5.91 Å². The van der Waals surface area contributed by atoms with Crippen molar-refractivity contribution < 1.29 is 14.7 Å². The molecule has 1 aliphatic heterocycles. The van der Waals surface area contributed by atoms with E-state index in [0.717, 1.165) is 12.8 Å². The van der Waals surface area contributed by atoms with Gasteiger partial charge < -0.3 is 20.6 Å². The molecule has 0 aromatic carbocycles. The number of nitrogens with zero attached hydrogens (tertiary/aromatic N) is 2. The van der Waals surface area contributed by atoms with E-state index in [1.54, 1.807) is 0 Å². The lowest BCUT2D eigenvalue weighted by atomic mass is 9.77. The zero-order valence-corrected chi connectivity index (χ0v) is 10.8. The Balaban J connectivity index is 2.24. The van der Waals surface area contributed by atoms with Crippen molar-refractivity contribution in [2.24, 2.45) is 16.3 Å². The van der Waals surface area contributed by atoms with Crippen molar-refractivity contribution >= 4 is 11.7 Å². The van der Waals surface area contributed by atoms with E-state index in [4.69, 9.17) is 15.7 Å². The lowest BCUT2D eigenvalue weighted by molar-refractivity contribution is -0.143. The van der Waals surface area contributed by atoms with Gasteiger partial charge in [-0.25, -0.2) is 0 Å². The van der Waals surface area contributed by atoms with Crippen molar-refractivity contribution in [2.45, 2.75) is 38.6 Å². The lowest BCUT2D eigenvalue weighted by Gasteiger charge is -2.38. The van der Waals surface area contributed by atoms with Crippen LogP contribution in [0.1, 0.15) is 32.6 Å². The van der Waals surface area contributed by atoms with Crippen LogP contribution in [0.25, 0.3) is 0 Å². The molecule has 1 saturated carbocycles. The molecular weight excluding hydrogens is 234 g/mol. The van der Waals surface area contributed by atoms with Gasteiger partial charge in [0.1, 0.15) is 5.41 Å². The third-order valence-electron chi connectivity index (χ3n) is 3.94. The van der Waals surface area contributed by atoms with Gasteiger partial charge in [-0.3, -0.25) is 4.79 Å². The van der Waals surface area contributed by atoms with Crippen LogP contribution in [0.2, 0.25) is 0 Å². The SMILES string of the molecule is CCN(C(=O)C1(C(N)=NO)CCOCC1)C1CC1. The van der Waals surface area contributed by atoms with Crippen LogP contribution < -0.4 is 5.73 Å². The largest absolute Gasteiger partial charge is 0.409 e. The summed E-state index contributed by atoms with van der Waals surface area (Å²) < 4.78 is 5.30. The second kappa shape index (κ2) is 5.14. The summed E-state index contributed by atoms with van der Waals surface area (Å²) in [4.78, 5) is 14.6. The summed E-state index contributed by atoms with van der Waals surface area (Å²) in [6.07, 6.45) is 3.10. The van der Waals surface area contributed by atoms with Crippen molar-refractivity contribution in [3.8, 4) is 0 Å². The normalized spacial score (nSPS) is 23.7. The topological polar surface area (TPSA) is 88.2 Å². The molecule has 2 aliphatic rings. The van der Waals surface area contributed by atoms with Gasteiger partial charge in [0, 0.05) is 25.8 Å². The number of carbonyl (C=O) groups excluding carboxylic acids is 1. The Morgan fingerprint density at radius 1 is 1.50 bits per heavy atom. The van der Waals surface area contributed by atoms with E-state index < -0.39 is 5.41 Å². The second-order valence-electron chi connectivity index (χ2n) is 5.00. The average molecular weight is 255 g/mol. The predicted molar refractivity (Wildman–Crippen MR) is 66.3 cm³/mol. The van der Waals surface area contributed by atoms with Crippen molar-refractivity contribution in [2.75, 3.05) is 19.8 Å². The highest BCUT2D eigenvalue weighted by atomic mass is 16.5. The minimum atomic E-state index is -0.869. The fourth-order valence-corrected chi connectivity index (χ4v) is 2.62.